The van der Waals surface area contributed by atoms with E-state index in [2.05, 4.69) is 5.32 Å². The van der Waals surface area contributed by atoms with Gasteiger partial charge in [0.1, 0.15) is 0 Å². The minimum Gasteiger partial charge on any atom is -0.389 e. The van der Waals surface area contributed by atoms with Crippen molar-refractivity contribution < 1.29 is 9.84 Å². The van der Waals surface area contributed by atoms with E-state index in [-0.39, 0.29) is 12.2 Å². The van der Waals surface area contributed by atoms with Crippen molar-refractivity contribution in [2.45, 2.75) is 18.6 Å². The maximum Gasteiger partial charge on any atom is 0.0926 e. The average molecular weight is 131 g/mol. The molecular formula is C6H13NO2. The molecule has 3 nitrogen and oxygen atoms in total. The molecule has 2 unspecified atom stereocenters. The Balaban J connectivity index is 2.30. The van der Waals surface area contributed by atoms with Crippen LogP contribution < -0.4 is 5.32 Å². The fourth-order valence-electron chi connectivity index (χ4n) is 1.09. The van der Waals surface area contributed by atoms with E-state index in [1.807, 2.05) is 0 Å². The van der Waals surface area contributed by atoms with E-state index in [1.165, 1.54) is 0 Å². The molecule has 0 bridgehead atoms. The van der Waals surface area contributed by atoms with Gasteiger partial charge in [-0.25, -0.2) is 0 Å². The highest BCUT2D eigenvalue weighted by Crippen LogP contribution is 2.05. The van der Waals surface area contributed by atoms with Gasteiger partial charge in [-0.15, -0.1) is 0 Å². The van der Waals surface area contributed by atoms with Crippen LogP contribution in [0.15, 0.2) is 0 Å². The summed E-state index contributed by atoms with van der Waals surface area (Å²) in [4.78, 5) is 0. The van der Waals surface area contributed by atoms with Gasteiger partial charge in [-0.3, -0.25) is 0 Å². The lowest BCUT2D eigenvalue weighted by molar-refractivity contribution is -0.0280. The van der Waals surface area contributed by atoms with Gasteiger partial charge in [0, 0.05) is 13.7 Å². The predicted molar refractivity (Wildman–Crippen MR) is 34.3 cm³/mol. The normalized spacial score (nSPS) is 36.7. The Kier molecular flexibility index (Phi) is 2.45. The van der Waals surface area contributed by atoms with Crippen LogP contribution in [0.2, 0.25) is 0 Å². The van der Waals surface area contributed by atoms with E-state index in [0.29, 0.717) is 6.54 Å². The zero-order chi connectivity index (χ0) is 6.69. The van der Waals surface area contributed by atoms with Crippen LogP contribution in [0.4, 0.5) is 0 Å². The number of methoxy groups -OCH3 is 1. The Morgan fingerprint density at radius 3 is 2.89 bits per heavy atom. The molecule has 54 valence electrons. The molecule has 0 aromatic heterocycles. The minimum absolute atomic E-state index is 0.0475. The summed E-state index contributed by atoms with van der Waals surface area (Å²) >= 11 is 0. The first-order valence-electron chi connectivity index (χ1n) is 3.26. The molecule has 0 aromatic carbocycles. The maximum absolute atomic E-state index is 9.18. The van der Waals surface area contributed by atoms with E-state index in [9.17, 15) is 5.11 Å². The van der Waals surface area contributed by atoms with E-state index in [1.54, 1.807) is 7.11 Å². The van der Waals surface area contributed by atoms with Crippen molar-refractivity contribution in [2.75, 3.05) is 20.2 Å². The highest BCUT2D eigenvalue weighted by Gasteiger charge is 2.21. The number of aliphatic hydroxyl groups is 1. The van der Waals surface area contributed by atoms with Crippen molar-refractivity contribution in [1.29, 1.82) is 0 Å². The third kappa shape index (κ3) is 1.64. The first-order chi connectivity index (χ1) is 4.34. The summed E-state index contributed by atoms with van der Waals surface area (Å²) < 4.78 is 5.01. The van der Waals surface area contributed by atoms with Gasteiger partial charge in [-0.05, 0) is 13.0 Å². The van der Waals surface area contributed by atoms with E-state index < -0.39 is 0 Å². The van der Waals surface area contributed by atoms with Crippen molar-refractivity contribution in [3.05, 3.63) is 0 Å². The van der Waals surface area contributed by atoms with Crippen LogP contribution in [0.1, 0.15) is 6.42 Å². The van der Waals surface area contributed by atoms with Crippen LogP contribution in [0.25, 0.3) is 0 Å². The molecule has 1 heterocycles. The lowest BCUT2D eigenvalue weighted by atomic mass is 10.1. The van der Waals surface area contributed by atoms with E-state index in [0.717, 1.165) is 13.0 Å². The summed E-state index contributed by atoms with van der Waals surface area (Å²) in [6, 6.07) is 0. The molecule has 1 aliphatic heterocycles. The maximum atomic E-state index is 9.18. The Bertz CT molecular complexity index is 87.1. The minimum atomic E-state index is -0.316. The summed E-state index contributed by atoms with van der Waals surface area (Å²) in [7, 11) is 1.64. The molecule has 0 aliphatic carbocycles. The fourth-order valence-corrected chi connectivity index (χ4v) is 1.09. The molecule has 0 saturated carbocycles. The van der Waals surface area contributed by atoms with Crippen LogP contribution in [-0.2, 0) is 4.74 Å². The van der Waals surface area contributed by atoms with Crippen molar-refractivity contribution in [1.82, 2.24) is 5.32 Å². The molecule has 1 rings (SSSR count). The van der Waals surface area contributed by atoms with Crippen LogP contribution >= 0.6 is 0 Å². The molecule has 1 aliphatic rings. The third-order valence-corrected chi connectivity index (χ3v) is 1.69. The zero-order valence-electron chi connectivity index (χ0n) is 5.63. The molecule has 1 fully saturated rings. The molecule has 9 heavy (non-hydrogen) atoms. The molecule has 0 spiro atoms. The van der Waals surface area contributed by atoms with Crippen molar-refractivity contribution in [3.8, 4) is 0 Å². The average Bonchev–Trinajstić information content (AvgIpc) is 1.89. The second-order valence-electron chi connectivity index (χ2n) is 2.33. The molecule has 0 aromatic rings. The Morgan fingerprint density at radius 2 is 2.44 bits per heavy atom. The standard InChI is InChI=1S/C6H13NO2/c1-9-6-2-3-7-4-5(6)8/h5-8H,2-4H2,1H3. The number of nitrogens with one attached hydrogen (secondary N) is 1. The van der Waals surface area contributed by atoms with Crippen LogP contribution in [0, 0.1) is 0 Å². The molecule has 2 N–H and O–H groups in total. The van der Waals surface area contributed by atoms with Crippen LogP contribution in [0.5, 0.6) is 0 Å². The number of piperidine rings is 1. The fraction of sp³-hybridized carbons (Fsp3) is 1.00. The van der Waals surface area contributed by atoms with Gasteiger partial charge >= 0.3 is 0 Å². The third-order valence-electron chi connectivity index (χ3n) is 1.69. The van der Waals surface area contributed by atoms with Crippen molar-refractivity contribution in [3.63, 3.8) is 0 Å². The van der Waals surface area contributed by atoms with E-state index in [4.69, 9.17) is 4.74 Å². The SMILES string of the molecule is COC1CCNCC1O. The lowest BCUT2D eigenvalue weighted by Gasteiger charge is -2.26. The van der Waals surface area contributed by atoms with Gasteiger partial charge in [-0.2, -0.15) is 0 Å². The number of ether oxygens (including phenoxy) is 1. The number of β-amino-alcohol motifs (C(OH)–C–C–N with tert-alkyl or cyclic N) is 1. The summed E-state index contributed by atoms with van der Waals surface area (Å²) in [5.74, 6) is 0. The van der Waals surface area contributed by atoms with Gasteiger partial charge < -0.3 is 15.2 Å². The summed E-state index contributed by atoms with van der Waals surface area (Å²) in [6.07, 6.45) is 0.646. The smallest absolute Gasteiger partial charge is 0.0926 e. The van der Waals surface area contributed by atoms with Crippen LogP contribution in [-0.4, -0.2) is 37.5 Å². The second kappa shape index (κ2) is 3.15. The Labute approximate surface area is 55.0 Å². The zero-order valence-corrected chi connectivity index (χ0v) is 5.63. The van der Waals surface area contributed by atoms with Gasteiger partial charge in [0.25, 0.3) is 0 Å². The van der Waals surface area contributed by atoms with Crippen molar-refractivity contribution >= 4 is 0 Å². The number of rotatable bonds is 1. The lowest BCUT2D eigenvalue weighted by Crippen LogP contribution is -2.44. The van der Waals surface area contributed by atoms with E-state index >= 15 is 0 Å². The predicted octanol–water partition coefficient (Wildman–Crippen LogP) is -0.644. The van der Waals surface area contributed by atoms with Gasteiger partial charge in [0.05, 0.1) is 12.2 Å². The monoisotopic (exact) mass is 131 g/mol. The quantitative estimate of drug-likeness (QED) is 0.497. The highest BCUT2D eigenvalue weighted by molar-refractivity contribution is 4.76. The summed E-state index contributed by atoms with van der Waals surface area (Å²) in [6.45, 7) is 1.62. The van der Waals surface area contributed by atoms with Crippen LogP contribution in [0.3, 0.4) is 0 Å². The largest absolute Gasteiger partial charge is 0.389 e. The van der Waals surface area contributed by atoms with Crippen molar-refractivity contribution in [2.24, 2.45) is 0 Å². The summed E-state index contributed by atoms with van der Waals surface area (Å²) in [5.41, 5.74) is 0. The molecule has 3 heteroatoms. The second-order valence-corrected chi connectivity index (χ2v) is 2.33. The highest BCUT2D eigenvalue weighted by atomic mass is 16.5. The van der Waals surface area contributed by atoms with Gasteiger partial charge in [0.15, 0.2) is 0 Å². The molecular weight excluding hydrogens is 118 g/mol. The Morgan fingerprint density at radius 1 is 1.67 bits per heavy atom. The molecule has 1 saturated heterocycles. The Hall–Kier alpha value is -0.120. The summed E-state index contributed by atoms with van der Waals surface area (Å²) in [5, 5.41) is 12.3. The first-order valence-corrected chi connectivity index (χ1v) is 3.26. The number of aliphatic hydroxyl groups excluding tert-OH is 1. The number of hydrogen-bond donors (Lipinski definition) is 2. The molecule has 2 atom stereocenters. The molecule has 0 radical (unpaired) electrons. The molecule has 0 amide bonds. The topological polar surface area (TPSA) is 41.5 Å². The van der Waals surface area contributed by atoms with Gasteiger partial charge in [0.2, 0.25) is 0 Å². The first kappa shape index (κ1) is 6.99. The number of hydrogen-bond acceptors (Lipinski definition) is 3. The van der Waals surface area contributed by atoms with Gasteiger partial charge in [-0.1, -0.05) is 0 Å².